The van der Waals surface area contributed by atoms with Gasteiger partial charge in [0.2, 0.25) is 0 Å². The first kappa shape index (κ1) is 18.8. The summed E-state index contributed by atoms with van der Waals surface area (Å²) in [6.45, 7) is 0. The molecule has 1 N–H and O–H groups in total. The van der Waals surface area contributed by atoms with Gasteiger partial charge < -0.3 is 19.4 Å². The van der Waals surface area contributed by atoms with Gasteiger partial charge in [-0.25, -0.2) is 4.98 Å². The molecule has 3 aromatic rings. The molecule has 1 heterocycles. The Bertz CT molecular complexity index is 946. The second-order valence-corrected chi connectivity index (χ2v) is 6.98. The lowest BCUT2D eigenvalue weighted by atomic mass is 10.1. The number of hydrogen-bond acceptors (Lipinski definition) is 7. The van der Waals surface area contributed by atoms with Crippen molar-refractivity contribution in [2.45, 2.75) is 10.9 Å². The lowest BCUT2D eigenvalue weighted by molar-refractivity contribution is -0.384. The Morgan fingerprint density at radius 3 is 2.52 bits per heavy atom. The highest BCUT2D eigenvalue weighted by Crippen LogP contribution is 2.34. The molecule has 0 spiro atoms. The quantitative estimate of drug-likeness (QED) is 0.373. The highest BCUT2D eigenvalue weighted by atomic mass is 32.2. The molecule has 0 saturated heterocycles. The number of benzene rings is 2. The summed E-state index contributed by atoms with van der Waals surface area (Å²) in [5, 5.41) is 11.8. The Labute approximate surface area is 160 Å². The van der Waals surface area contributed by atoms with E-state index in [1.54, 1.807) is 26.4 Å². The fourth-order valence-electron chi connectivity index (χ4n) is 2.73. The second kappa shape index (κ2) is 7.75. The van der Waals surface area contributed by atoms with Crippen molar-refractivity contribution in [2.75, 3.05) is 33.2 Å². The van der Waals surface area contributed by atoms with E-state index in [2.05, 4.69) is 9.97 Å². The van der Waals surface area contributed by atoms with Crippen LogP contribution in [0.3, 0.4) is 0 Å². The van der Waals surface area contributed by atoms with Crippen molar-refractivity contribution < 1.29 is 14.4 Å². The van der Waals surface area contributed by atoms with Crippen LogP contribution in [-0.2, 0) is 5.75 Å². The van der Waals surface area contributed by atoms with Crippen LogP contribution in [0.25, 0.3) is 11.0 Å². The number of nitrogens with zero attached hydrogens (tertiary/aromatic N) is 3. The molecule has 3 rings (SSSR count). The van der Waals surface area contributed by atoms with E-state index in [-0.39, 0.29) is 10.6 Å². The molecule has 9 heteroatoms. The molecule has 1 aromatic heterocycles. The monoisotopic (exact) mass is 388 g/mol. The number of non-ortho nitro benzene ring substituents is 1. The number of fused-ring (bicyclic) bond motifs is 1. The fraction of sp³-hybridized carbons (Fsp3) is 0.278. The average molecular weight is 388 g/mol. The number of anilines is 1. The van der Waals surface area contributed by atoms with Gasteiger partial charge in [0.1, 0.15) is 0 Å². The Morgan fingerprint density at radius 1 is 1.19 bits per heavy atom. The molecule has 0 fully saturated rings. The second-order valence-electron chi connectivity index (χ2n) is 6.02. The maximum atomic E-state index is 11.0. The maximum Gasteiger partial charge on any atom is 0.271 e. The van der Waals surface area contributed by atoms with Gasteiger partial charge in [0.25, 0.3) is 5.69 Å². The molecule has 0 aliphatic rings. The minimum Gasteiger partial charge on any atom is -0.493 e. The van der Waals surface area contributed by atoms with Crippen molar-refractivity contribution in [1.29, 1.82) is 0 Å². The lowest BCUT2D eigenvalue weighted by Gasteiger charge is -2.16. The third kappa shape index (κ3) is 3.92. The van der Waals surface area contributed by atoms with E-state index in [0.717, 1.165) is 27.4 Å². The smallest absolute Gasteiger partial charge is 0.271 e. The summed E-state index contributed by atoms with van der Waals surface area (Å²) in [4.78, 5) is 20.4. The minimum atomic E-state index is -0.385. The van der Waals surface area contributed by atoms with Gasteiger partial charge in [-0.3, -0.25) is 10.1 Å². The van der Waals surface area contributed by atoms with Gasteiger partial charge in [0, 0.05) is 49.8 Å². The van der Waals surface area contributed by atoms with Gasteiger partial charge in [0.15, 0.2) is 16.7 Å². The molecule has 27 heavy (non-hydrogen) atoms. The molecule has 0 saturated carbocycles. The summed E-state index contributed by atoms with van der Waals surface area (Å²) < 4.78 is 10.6. The molecule has 8 nitrogen and oxygen atoms in total. The minimum absolute atomic E-state index is 0.0791. The zero-order valence-corrected chi connectivity index (χ0v) is 16.3. The van der Waals surface area contributed by atoms with Crippen LogP contribution in [-0.4, -0.2) is 43.2 Å². The van der Waals surface area contributed by atoms with E-state index in [1.165, 1.54) is 17.8 Å². The number of aromatic amines is 1. The molecular formula is C18H20N4O4S. The Kier molecular flexibility index (Phi) is 5.41. The molecule has 142 valence electrons. The largest absolute Gasteiger partial charge is 0.493 e. The molecule has 0 bridgehead atoms. The first-order chi connectivity index (χ1) is 12.9. The standard InChI is InChI=1S/C18H20N4O4S/c1-21(2)15-7-12(22(23)24)6-5-11(15)10-27-18-19-13-8-16(25-3)17(26-4)9-14(13)20-18/h5-9H,10H2,1-4H3,(H,19,20). The normalized spacial score (nSPS) is 10.8. The van der Waals surface area contributed by atoms with Crippen LogP contribution < -0.4 is 14.4 Å². The van der Waals surface area contributed by atoms with Crippen molar-refractivity contribution >= 4 is 34.2 Å². The SMILES string of the molecule is COc1cc2nc(SCc3ccc([N+](=O)[O-])cc3N(C)C)[nH]c2cc1OC. The van der Waals surface area contributed by atoms with E-state index in [0.29, 0.717) is 17.3 Å². The zero-order chi connectivity index (χ0) is 19.6. The van der Waals surface area contributed by atoms with Gasteiger partial charge >= 0.3 is 0 Å². The number of nitro benzene ring substituents is 1. The number of ether oxygens (including phenoxy) is 2. The Morgan fingerprint density at radius 2 is 1.89 bits per heavy atom. The number of aromatic nitrogens is 2. The summed E-state index contributed by atoms with van der Waals surface area (Å²) >= 11 is 1.53. The van der Waals surface area contributed by atoms with Crippen LogP contribution in [0.4, 0.5) is 11.4 Å². The van der Waals surface area contributed by atoms with Crippen LogP contribution in [0.2, 0.25) is 0 Å². The molecule has 2 aromatic carbocycles. The summed E-state index contributed by atoms with van der Waals surface area (Å²) in [5.41, 5.74) is 3.52. The number of nitrogens with one attached hydrogen (secondary N) is 1. The van der Waals surface area contributed by atoms with Crippen molar-refractivity contribution in [2.24, 2.45) is 0 Å². The van der Waals surface area contributed by atoms with Crippen LogP contribution >= 0.6 is 11.8 Å². The van der Waals surface area contributed by atoms with Gasteiger partial charge in [0.05, 0.1) is 30.2 Å². The summed E-state index contributed by atoms with van der Waals surface area (Å²) in [5.74, 6) is 1.88. The zero-order valence-electron chi connectivity index (χ0n) is 15.5. The molecule has 0 radical (unpaired) electrons. The highest BCUT2D eigenvalue weighted by Gasteiger charge is 2.14. The number of H-pyrrole nitrogens is 1. The van der Waals surface area contributed by atoms with E-state index in [9.17, 15) is 10.1 Å². The molecule has 0 aliphatic carbocycles. The number of thioether (sulfide) groups is 1. The topological polar surface area (TPSA) is 93.5 Å². The molecule has 0 amide bonds. The predicted molar refractivity (Wildman–Crippen MR) is 106 cm³/mol. The first-order valence-electron chi connectivity index (χ1n) is 8.12. The first-order valence-corrected chi connectivity index (χ1v) is 9.10. The molecular weight excluding hydrogens is 368 g/mol. The van der Waals surface area contributed by atoms with Crippen LogP contribution in [0.15, 0.2) is 35.5 Å². The maximum absolute atomic E-state index is 11.0. The van der Waals surface area contributed by atoms with Crippen LogP contribution in [0.1, 0.15) is 5.56 Å². The number of nitro groups is 1. The molecule has 0 unspecified atom stereocenters. The summed E-state index contributed by atoms with van der Waals surface area (Å²) in [6.07, 6.45) is 0. The number of methoxy groups -OCH3 is 2. The predicted octanol–water partition coefficient (Wildman–Crippen LogP) is 3.85. The van der Waals surface area contributed by atoms with Gasteiger partial charge in [-0.15, -0.1) is 0 Å². The van der Waals surface area contributed by atoms with Crippen LogP contribution in [0.5, 0.6) is 11.5 Å². The van der Waals surface area contributed by atoms with Crippen molar-refractivity contribution in [1.82, 2.24) is 9.97 Å². The van der Waals surface area contributed by atoms with E-state index in [1.807, 2.05) is 31.1 Å². The van der Waals surface area contributed by atoms with E-state index in [4.69, 9.17) is 9.47 Å². The van der Waals surface area contributed by atoms with Crippen molar-refractivity contribution in [3.05, 3.63) is 46.0 Å². The summed E-state index contributed by atoms with van der Waals surface area (Å²) in [7, 11) is 6.91. The third-order valence-corrected chi connectivity index (χ3v) is 5.01. The Hall–Kier alpha value is -2.94. The number of imidazole rings is 1. The average Bonchev–Trinajstić information content (AvgIpc) is 3.06. The van der Waals surface area contributed by atoms with E-state index < -0.39 is 0 Å². The van der Waals surface area contributed by atoms with Gasteiger partial charge in [-0.2, -0.15) is 0 Å². The van der Waals surface area contributed by atoms with E-state index >= 15 is 0 Å². The van der Waals surface area contributed by atoms with Crippen molar-refractivity contribution in [3.8, 4) is 11.5 Å². The van der Waals surface area contributed by atoms with Gasteiger partial charge in [-0.1, -0.05) is 11.8 Å². The lowest BCUT2D eigenvalue weighted by Crippen LogP contribution is -2.11. The highest BCUT2D eigenvalue weighted by molar-refractivity contribution is 7.98. The summed E-state index contributed by atoms with van der Waals surface area (Å²) in [6, 6.07) is 8.57. The fourth-order valence-corrected chi connectivity index (χ4v) is 3.61. The Balaban J connectivity index is 1.85. The molecule has 0 aliphatic heterocycles. The number of rotatable bonds is 7. The third-order valence-electron chi connectivity index (χ3n) is 4.09. The molecule has 0 atom stereocenters. The van der Waals surface area contributed by atoms with Crippen molar-refractivity contribution in [3.63, 3.8) is 0 Å². The van der Waals surface area contributed by atoms with Crippen LogP contribution in [0, 0.1) is 10.1 Å². The van der Waals surface area contributed by atoms with Gasteiger partial charge in [-0.05, 0) is 11.6 Å². The number of hydrogen-bond donors (Lipinski definition) is 1.